The molecule has 0 unspecified atom stereocenters. The average Bonchev–Trinajstić information content (AvgIpc) is 3.66. The Morgan fingerprint density at radius 1 is 0.653 bits per heavy atom. The van der Waals surface area contributed by atoms with Crippen LogP contribution >= 0.6 is 12.6 Å². The number of benzene rings is 7. The minimum Gasteiger partial charge on any atom is -0.455 e. The zero-order valence-corrected chi connectivity index (χ0v) is 27.8. The molecular formula is C45H32N2OS. The Hall–Kier alpha value is -5.97. The maximum atomic E-state index is 6.51. The second kappa shape index (κ2) is 11.9. The number of rotatable bonds is 6. The molecule has 0 spiro atoms. The smallest absolute Gasteiger partial charge is 0.143 e. The molecule has 2 aromatic heterocycles. The molecule has 2 heterocycles. The van der Waals surface area contributed by atoms with E-state index in [0.717, 1.165) is 60.7 Å². The number of furan rings is 1. The van der Waals surface area contributed by atoms with Gasteiger partial charge in [0, 0.05) is 38.3 Å². The van der Waals surface area contributed by atoms with Crippen LogP contribution in [0.3, 0.4) is 0 Å². The fourth-order valence-corrected chi connectivity index (χ4v) is 7.30. The number of hydrogen-bond donors (Lipinski definition) is 2. The molecule has 0 aliphatic carbocycles. The van der Waals surface area contributed by atoms with Crippen LogP contribution in [0.5, 0.6) is 0 Å². The van der Waals surface area contributed by atoms with Crippen LogP contribution in [0.2, 0.25) is 0 Å². The fourth-order valence-electron chi connectivity index (χ4n) is 7.05. The van der Waals surface area contributed by atoms with Gasteiger partial charge in [0.25, 0.3) is 0 Å². The maximum Gasteiger partial charge on any atom is 0.143 e. The van der Waals surface area contributed by atoms with Crippen molar-refractivity contribution < 1.29 is 4.42 Å². The first-order valence-corrected chi connectivity index (χ1v) is 16.9. The van der Waals surface area contributed by atoms with Gasteiger partial charge in [-0.15, -0.1) is 12.6 Å². The van der Waals surface area contributed by atoms with Gasteiger partial charge in [-0.1, -0.05) is 109 Å². The molecule has 1 N–H and O–H groups in total. The maximum absolute atomic E-state index is 6.51. The van der Waals surface area contributed by atoms with Crippen LogP contribution in [0.25, 0.3) is 72.6 Å². The molecule has 0 saturated carbocycles. The van der Waals surface area contributed by atoms with Crippen LogP contribution in [0.15, 0.2) is 161 Å². The van der Waals surface area contributed by atoms with Gasteiger partial charge in [-0.3, -0.25) is 0 Å². The van der Waals surface area contributed by atoms with Crippen LogP contribution in [-0.4, -0.2) is 4.57 Å². The summed E-state index contributed by atoms with van der Waals surface area (Å²) >= 11 is 4.90. The summed E-state index contributed by atoms with van der Waals surface area (Å²) in [6.07, 6.45) is 4.43. The first-order valence-electron chi connectivity index (χ1n) is 16.5. The van der Waals surface area contributed by atoms with Crippen LogP contribution < -0.4 is 5.32 Å². The lowest BCUT2D eigenvalue weighted by Gasteiger charge is -2.14. The Morgan fingerprint density at radius 2 is 1.37 bits per heavy atom. The molecule has 9 aromatic rings. The van der Waals surface area contributed by atoms with E-state index in [-0.39, 0.29) is 0 Å². The highest BCUT2D eigenvalue weighted by Gasteiger charge is 2.18. The van der Waals surface area contributed by atoms with Crippen LogP contribution in [0, 0.1) is 6.92 Å². The Balaban J connectivity index is 1.15. The molecule has 0 amide bonds. The van der Waals surface area contributed by atoms with E-state index in [2.05, 4.69) is 162 Å². The van der Waals surface area contributed by atoms with E-state index in [4.69, 9.17) is 17.0 Å². The Bertz CT molecular complexity index is 2680. The average molecular weight is 649 g/mol. The lowest BCUT2D eigenvalue weighted by Crippen LogP contribution is -1.98. The van der Waals surface area contributed by atoms with Crippen molar-refractivity contribution in [2.24, 2.45) is 0 Å². The lowest BCUT2D eigenvalue weighted by molar-refractivity contribution is 0.670. The second-order valence-corrected chi connectivity index (χ2v) is 12.9. The van der Waals surface area contributed by atoms with Crippen LogP contribution in [-0.2, 0) is 0 Å². The quantitative estimate of drug-likeness (QED) is 0.176. The molecule has 0 saturated heterocycles. The third kappa shape index (κ3) is 5.09. The molecule has 234 valence electrons. The number of nitrogens with one attached hydrogen (secondary N) is 1. The third-order valence-corrected chi connectivity index (χ3v) is 9.86. The summed E-state index contributed by atoms with van der Waals surface area (Å²) < 4.78 is 8.88. The summed E-state index contributed by atoms with van der Waals surface area (Å²) in [4.78, 5) is 0.858. The van der Waals surface area contributed by atoms with Gasteiger partial charge >= 0.3 is 0 Å². The van der Waals surface area contributed by atoms with Crippen LogP contribution in [0.1, 0.15) is 16.8 Å². The van der Waals surface area contributed by atoms with Crippen molar-refractivity contribution >= 4 is 79.8 Å². The summed E-state index contributed by atoms with van der Waals surface area (Å²) in [5, 5.41) is 9.50. The Morgan fingerprint density at radius 3 is 2.14 bits per heavy atom. The van der Waals surface area contributed by atoms with Gasteiger partial charge in [0.2, 0.25) is 0 Å². The molecule has 3 nitrogen and oxygen atoms in total. The number of para-hydroxylation sites is 1. The predicted molar refractivity (Wildman–Crippen MR) is 211 cm³/mol. The minimum atomic E-state index is 0.826. The van der Waals surface area contributed by atoms with Gasteiger partial charge in [0.05, 0.1) is 16.6 Å². The van der Waals surface area contributed by atoms with E-state index in [1.54, 1.807) is 0 Å². The van der Waals surface area contributed by atoms with Gasteiger partial charge in [-0.25, -0.2) is 0 Å². The standard InChI is InChI=1S/C45H32N2OS/c1-29-38-27-32-15-8-9-16-33(32)28-40(38)47(39(29)24-19-30-11-4-2-5-12-30)35-22-20-34(21-23-35)46-44-42(49)26-25-41-43(44)37-18-10-17-36(45(37)48-41)31-13-6-3-7-14-31/h2-28,46,49H,1H3/b24-19-. The molecule has 9 rings (SSSR count). The summed E-state index contributed by atoms with van der Waals surface area (Å²) in [7, 11) is 0. The van der Waals surface area contributed by atoms with E-state index < -0.39 is 0 Å². The molecule has 4 heteroatoms. The molecule has 49 heavy (non-hydrogen) atoms. The lowest BCUT2D eigenvalue weighted by atomic mass is 10.0. The summed E-state index contributed by atoms with van der Waals surface area (Å²) in [6.45, 7) is 2.22. The summed E-state index contributed by atoms with van der Waals surface area (Å²) in [5.41, 5.74) is 11.7. The van der Waals surface area contributed by atoms with Crippen molar-refractivity contribution in [3.8, 4) is 16.8 Å². The van der Waals surface area contributed by atoms with Gasteiger partial charge in [0.15, 0.2) is 0 Å². The van der Waals surface area contributed by atoms with E-state index in [1.807, 2.05) is 18.2 Å². The van der Waals surface area contributed by atoms with E-state index in [9.17, 15) is 0 Å². The van der Waals surface area contributed by atoms with Crippen LogP contribution in [0.4, 0.5) is 11.4 Å². The normalized spacial score (nSPS) is 11.8. The number of hydrogen-bond acceptors (Lipinski definition) is 3. The van der Waals surface area contributed by atoms with Crippen molar-refractivity contribution in [3.63, 3.8) is 0 Å². The van der Waals surface area contributed by atoms with Crippen molar-refractivity contribution in [1.29, 1.82) is 0 Å². The molecule has 0 aliphatic rings. The molecule has 0 radical (unpaired) electrons. The Labute approximate surface area is 290 Å². The first kappa shape index (κ1) is 29.2. The van der Waals surface area contributed by atoms with Crippen molar-refractivity contribution in [1.82, 2.24) is 4.57 Å². The second-order valence-electron chi connectivity index (χ2n) is 12.5. The van der Waals surface area contributed by atoms with Gasteiger partial charge in [0.1, 0.15) is 11.2 Å². The van der Waals surface area contributed by atoms with Gasteiger partial charge < -0.3 is 14.3 Å². The SMILES string of the molecule is Cc1c(/C=C\c2ccccc2)n(-c2ccc(Nc3c(S)ccc4oc5c(-c6ccccc6)cccc5c34)cc2)c2cc3ccccc3cc12. The van der Waals surface area contributed by atoms with Gasteiger partial charge in [-0.05, 0) is 89.0 Å². The summed E-state index contributed by atoms with van der Waals surface area (Å²) in [5.74, 6) is 0. The largest absolute Gasteiger partial charge is 0.455 e. The van der Waals surface area contributed by atoms with Crippen molar-refractivity contribution in [2.75, 3.05) is 5.32 Å². The molecule has 0 atom stereocenters. The number of aromatic nitrogens is 1. The Kier molecular flexibility index (Phi) is 7.10. The highest BCUT2D eigenvalue weighted by atomic mass is 32.1. The van der Waals surface area contributed by atoms with E-state index in [1.165, 1.54) is 32.8 Å². The summed E-state index contributed by atoms with van der Waals surface area (Å²) in [6, 6.07) is 53.1. The zero-order chi connectivity index (χ0) is 32.9. The predicted octanol–water partition coefficient (Wildman–Crippen LogP) is 12.9. The number of nitrogens with zero attached hydrogens (tertiary/aromatic N) is 1. The number of anilines is 2. The first-order chi connectivity index (χ1) is 24.1. The highest BCUT2D eigenvalue weighted by Crippen LogP contribution is 2.42. The molecule has 7 aromatic carbocycles. The fraction of sp³-hybridized carbons (Fsp3) is 0.0222. The topological polar surface area (TPSA) is 30.1 Å². The van der Waals surface area contributed by atoms with Gasteiger partial charge in [-0.2, -0.15) is 0 Å². The number of thiol groups is 1. The number of aryl methyl sites for hydroxylation is 1. The highest BCUT2D eigenvalue weighted by molar-refractivity contribution is 7.80. The van der Waals surface area contributed by atoms with Crippen molar-refractivity contribution in [3.05, 3.63) is 168 Å². The zero-order valence-electron chi connectivity index (χ0n) is 26.9. The van der Waals surface area contributed by atoms with Crippen molar-refractivity contribution in [2.45, 2.75) is 11.8 Å². The number of fused-ring (bicyclic) bond motifs is 5. The molecule has 0 bridgehead atoms. The van der Waals surface area contributed by atoms with E-state index in [0.29, 0.717) is 0 Å². The minimum absolute atomic E-state index is 0.826. The monoisotopic (exact) mass is 648 g/mol. The van der Waals surface area contributed by atoms with E-state index >= 15 is 0 Å². The molecular weight excluding hydrogens is 617 g/mol. The third-order valence-electron chi connectivity index (χ3n) is 9.49. The molecule has 0 aliphatic heterocycles. The molecule has 0 fully saturated rings.